The first kappa shape index (κ1) is 45.5. The summed E-state index contributed by atoms with van der Waals surface area (Å²) in [5.41, 5.74) is 4.28. The number of benzene rings is 2. The quantitative estimate of drug-likeness (QED) is 0.0901. The van der Waals surface area contributed by atoms with Gasteiger partial charge in [-0.25, -0.2) is 0 Å². The standard InChI is InChI=1S/C42H71BrO6Si2/c1-18-42(19-2,33-21-23-36(31(4)25-33)46-29-37(39(5,6)7)48-38(44)26-43)32-20-22-35(30(3)24-32)45-27-34(49-51(16,17)41(11,12)13)28-47-50(14,15)40(8,9)10/h20-25,34,37H,18-19,26-29H2,1-17H3/i38+2. The van der Waals surface area contributed by atoms with E-state index in [0.29, 0.717) is 19.8 Å². The van der Waals surface area contributed by atoms with Crippen LogP contribution in [-0.2, 0) is 23.8 Å². The molecule has 0 aliphatic carbocycles. The van der Waals surface area contributed by atoms with Crippen LogP contribution >= 0.6 is 15.9 Å². The predicted molar refractivity (Wildman–Crippen MR) is 223 cm³/mol. The maximum absolute atomic E-state index is 12.0. The molecule has 6 nitrogen and oxygen atoms in total. The number of alkyl halides is 1. The number of esters is 1. The van der Waals surface area contributed by atoms with E-state index in [1.54, 1.807) is 0 Å². The van der Waals surface area contributed by atoms with Crippen LogP contribution in [0.2, 0.25) is 36.3 Å². The molecular formula is C42H71BrO6Si2. The molecule has 2 rings (SSSR count). The van der Waals surface area contributed by atoms with Crippen molar-refractivity contribution in [1.82, 2.24) is 0 Å². The summed E-state index contributed by atoms with van der Waals surface area (Å²) in [7, 11) is -4.01. The van der Waals surface area contributed by atoms with Crippen molar-refractivity contribution in [3.8, 4) is 11.5 Å². The fraction of sp³-hybridized carbons (Fsp3) is 0.690. The summed E-state index contributed by atoms with van der Waals surface area (Å²) in [6, 6.07) is 13.2. The van der Waals surface area contributed by atoms with E-state index in [-0.39, 0.29) is 44.4 Å². The van der Waals surface area contributed by atoms with E-state index in [0.717, 1.165) is 35.5 Å². The summed E-state index contributed by atoms with van der Waals surface area (Å²) in [6.07, 6.45) is 1.38. The van der Waals surface area contributed by atoms with Crippen molar-refractivity contribution in [2.75, 3.05) is 25.2 Å². The second-order valence-electron chi connectivity index (χ2n) is 18.4. The van der Waals surface area contributed by atoms with Crippen LogP contribution in [0.3, 0.4) is 0 Å². The van der Waals surface area contributed by atoms with Gasteiger partial charge in [0.25, 0.3) is 0 Å². The van der Waals surface area contributed by atoms with Gasteiger partial charge in [0.2, 0.25) is 0 Å². The van der Waals surface area contributed by atoms with E-state index in [4.69, 9.17) is 23.1 Å². The summed E-state index contributed by atoms with van der Waals surface area (Å²) in [4.78, 5) is 12.0. The zero-order valence-corrected chi connectivity index (χ0v) is 38.8. The number of hydrogen-bond acceptors (Lipinski definition) is 6. The molecule has 51 heavy (non-hydrogen) atoms. The van der Waals surface area contributed by atoms with E-state index >= 15 is 0 Å². The SMILES string of the molecule is CCC(CC)(c1ccc(OCC(CO[Si](C)(C)C(C)(C)C)O[Si](C)(C)C(C)(C)C)c(C)c1)c1ccc(OCC(O[14C](=O)CBr)C(C)(C)C)c(C)c1. The third-order valence-corrected chi connectivity index (χ3v) is 21.0. The molecule has 0 aliphatic heterocycles. The molecule has 290 valence electrons. The van der Waals surface area contributed by atoms with Crippen molar-refractivity contribution in [3.05, 3.63) is 58.7 Å². The summed E-state index contributed by atoms with van der Waals surface area (Å²) < 4.78 is 32.1. The number of hydrogen-bond donors (Lipinski definition) is 0. The molecule has 0 radical (unpaired) electrons. The predicted octanol–water partition coefficient (Wildman–Crippen LogP) is 11.9. The molecule has 0 saturated heterocycles. The minimum atomic E-state index is -2.05. The second kappa shape index (κ2) is 17.7. The molecule has 0 aliphatic rings. The number of aryl methyl sites for hydroxylation is 2. The number of carbonyl (C=O) groups excluding carboxylic acids is 1. The highest BCUT2D eigenvalue weighted by Gasteiger charge is 2.42. The summed E-state index contributed by atoms with van der Waals surface area (Å²) in [6.45, 7) is 39.0. The van der Waals surface area contributed by atoms with Crippen LogP contribution in [0.1, 0.15) is 111 Å². The lowest BCUT2D eigenvalue weighted by Gasteiger charge is -2.41. The van der Waals surface area contributed by atoms with E-state index in [1.165, 1.54) is 11.1 Å². The maximum atomic E-state index is 12.0. The van der Waals surface area contributed by atoms with E-state index in [9.17, 15) is 4.79 Å². The first-order valence-corrected chi connectivity index (χ1v) is 25.7. The van der Waals surface area contributed by atoms with Crippen molar-refractivity contribution in [1.29, 1.82) is 0 Å². The Kier molecular flexibility index (Phi) is 15.8. The number of rotatable bonds is 17. The van der Waals surface area contributed by atoms with Crippen molar-refractivity contribution in [2.24, 2.45) is 5.41 Å². The number of ether oxygens (including phenoxy) is 3. The van der Waals surface area contributed by atoms with Gasteiger partial charge in [-0.3, -0.25) is 4.79 Å². The molecule has 0 saturated carbocycles. The first-order valence-electron chi connectivity index (χ1n) is 18.8. The highest BCUT2D eigenvalue weighted by atomic mass is 79.9. The molecule has 9 heteroatoms. The monoisotopic (exact) mass is 808 g/mol. The van der Waals surface area contributed by atoms with Gasteiger partial charge in [0.1, 0.15) is 42.3 Å². The van der Waals surface area contributed by atoms with Crippen molar-refractivity contribution in [2.45, 2.75) is 157 Å². The Morgan fingerprint density at radius 3 is 1.53 bits per heavy atom. The van der Waals surface area contributed by atoms with E-state index in [1.807, 2.05) is 0 Å². The minimum absolute atomic E-state index is 0.0862. The average Bonchev–Trinajstić information content (AvgIpc) is 3.00. The van der Waals surface area contributed by atoms with Gasteiger partial charge >= 0.3 is 5.97 Å². The van der Waals surface area contributed by atoms with Gasteiger partial charge in [-0.1, -0.05) is 116 Å². The first-order chi connectivity index (χ1) is 23.2. The van der Waals surface area contributed by atoms with Crippen molar-refractivity contribution >= 4 is 38.5 Å². The Morgan fingerprint density at radius 1 is 0.706 bits per heavy atom. The molecule has 0 fully saturated rings. The maximum Gasteiger partial charge on any atom is 0.316 e. The zero-order chi connectivity index (χ0) is 39.2. The molecule has 2 unspecified atom stereocenters. The number of carbonyl (C=O) groups is 1. The second-order valence-corrected chi connectivity index (χ2v) is 28.5. The van der Waals surface area contributed by atoms with Gasteiger partial charge in [-0.05, 0) is 97.3 Å². The molecule has 0 N–H and O–H groups in total. The van der Waals surface area contributed by atoms with Crippen LogP contribution in [0, 0.1) is 19.3 Å². The fourth-order valence-corrected chi connectivity index (χ4v) is 8.17. The van der Waals surface area contributed by atoms with Crippen LogP contribution in [0.25, 0.3) is 0 Å². The summed E-state index contributed by atoms with van der Waals surface area (Å²) >= 11 is 3.20. The highest BCUT2D eigenvalue weighted by Crippen LogP contribution is 2.43. The smallest absolute Gasteiger partial charge is 0.316 e. The summed E-state index contributed by atoms with van der Waals surface area (Å²) in [5, 5.41) is 0.370. The fourth-order valence-electron chi connectivity index (χ4n) is 5.68. The molecule has 2 aromatic rings. The Hall–Kier alpha value is -1.66. The Balaban J connectivity index is 2.34. The van der Waals surface area contributed by atoms with Crippen LogP contribution in [-0.4, -0.2) is 60.0 Å². The van der Waals surface area contributed by atoms with Gasteiger partial charge in [-0.2, -0.15) is 0 Å². The third kappa shape index (κ3) is 11.9. The minimum Gasteiger partial charge on any atom is -0.491 e. The van der Waals surface area contributed by atoms with Crippen molar-refractivity contribution in [3.63, 3.8) is 0 Å². The van der Waals surface area contributed by atoms with Crippen LogP contribution in [0.15, 0.2) is 36.4 Å². The van der Waals surface area contributed by atoms with E-state index in [2.05, 4.69) is 169 Å². The lowest BCUT2D eigenvalue weighted by atomic mass is 9.70. The summed E-state index contributed by atoms with van der Waals surface area (Å²) in [5.74, 6) is 1.39. The zero-order valence-electron chi connectivity index (χ0n) is 35.2. The largest absolute Gasteiger partial charge is 0.491 e. The highest BCUT2D eigenvalue weighted by molar-refractivity contribution is 9.09. The van der Waals surface area contributed by atoms with Crippen LogP contribution in [0.5, 0.6) is 11.5 Å². The normalized spacial score (nSPS) is 14.6. The topological polar surface area (TPSA) is 63.2 Å². The van der Waals surface area contributed by atoms with Gasteiger partial charge < -0.3 is 23.1 Å². The molecular weight excluding hydrogens is 739 g/mol. The molecule has 0 spiro atoms. The van der Waals surface area contributed by atoms with Crippen LogP contribution < -0.4 is 9.47 Å². The van der Waals surface area contributed by atoms with Gasteiger partial charge in [0.05, 0.1) is 6.61 Å². The van der Waals surface area contributed by atoms with Gasteiger partial charge in [0, 0.05) is 10.8 Å². The van der Waals surface area contributed by atoms with Crippen molar-refractivity contribution < 1.29 is 27.9 Å². The van der Waals surface area contributed by atoms with Gasteiger partial charge in [-0.15, -0.1) is 0 Å². The van der Waals surface area contributed by atoms with Crippen LogP contribution in [0.4, 0.5) is 0 Å². The molecule has 2 aromatic carbocycles. The molecule has 0 bridgehead atoms. The van der Waals surface area contributed by atoms with Gasteiger partial charge in [0.15, 0.2) is 16.6 Å². The lowest BCUT2D eigenvalue weighted by molar-refractivity contribution is -0.153. The molecule has 0 aromatic heterocycles. The lowest BCUT2D eigenvalue weighted by Crippen LogP contribution is -2.49. The molecule has 0 heterocycles. The number of halogens is 1. The average molecular weight is 810 g/mol. The van der Waals surface area contributed by atoms with E-state index < -0.39 is 16.6 Å². The molecule has 0 amide bonds. The Bertz CT molecular complexity index is 1430. The Morgan fingerprint density at radius 2 is 1.16 bits per heavy atom. The Labute approximate surface area is 322 Å². The third-order valence-electron chi connectivity index (χ3n) is 11.5. The molecule has 2 atom stereocenters.